The average Bonchev–Trinajstić information content (AvgIpc) is 3.43. The number of aliphatic hydroxyl groups is 1. The van der Waals surface area contributed by atoms with Crippen molar-refractivity contribution in [3.8, 4) is 11.1 Å². The number of nitrogens with zero attached hydrogens (tertiary/aromatic N) is 3. The van der Waals surface area contributed by atoms with Gasteiger partial charge in [0.1, 0.15) is 11.6 Å². The monoisotopic (exact) mass is 418 g/mol. The third-order valence-corrected chi connectivity index (χ3v) is 5.21. The van der Waals surface area contributed by atoms with Crippen molar-refractivity contribution in [1.82, 2.24) is 20.3 Å². The Morgan fingerprint density at radius 3 is 2.53 bits per heavy atom. The van der Waals surface area contributed by atoms with Crippen molar-refractivity contribution < 1.29 is 23.1 Å². The van der Waals surface area contributed by atoms with E-state index in [0.717, 1.165) is 12.8 Å². The van der Waals surface area contributed by atoms with Gasteiger partial charge in [0.15, 0.2) is 0 Å². The zero-order valence-electron chi connectivity index (χ0n) is 16.3. The van der Waals surface area contributed by atoms with Gasteiger partial charge in [-0.2, -0.15) is 13.2 Å². The second kappa shape index (κ2) is 7.71. The summed E-state index contributed by atoms with van der Waals surface area (Å²) in [7, 11) is 0. The smallest absolute Gasteiger partial charge is 0.384 e. The molecular weight excluding hydrogens is 397 g/mol. The summed E-state index contributed by atoms with van der Waals surface area (Å²) in [5, 5.41) is 19.6. The first-order valence-corrected chi connectivity index (χ1v) is 9.72. The predicted molar refractivity (Wildman–Crippen MR) is 104 cm³/mol. The lowest BCUT2D eigenvalue weighted by Gasteiger charge is -2.14. The molecule has 6 nitrogen and oxygen atoms in total. The van der Waals surface area contributed by atoms with Gasteiger partial charge in [-0.3, -0.25) is 4.79 Å². The highest BCUT2D eigenvalue weighted by molar-refractivity contribution is 5.87. The topological polar surface area (TPSA) is 80.0 Å². The summed E-state index contributed by atoms with van der Waals surface area (Å²) in [5.74, 6) is -0.0519. The zero-order valence-corrected chi connectivity index (χ0v) is 16.3. The van der Waals surface area contributed by atoms with Gasteiger partial charge in [0.05, 0.1) is 11.1 Å². The summed E-state index contributed by atoms with van der Waals surface area (Å²) in [5.41, 5.74) is 0.582. The van der Waals surface area contributed by atoms with Crippen LogP contribution in [0.15, 0.2) is 36.4 Å². The highest BCUT2D eigenvalue weighted by atomic mass is 19.4. The highest BCUT2D eigenvalue weighted by Gasteiger charge is 2.38. The van der Waals surface area contributed by atoms with E-state index in [9.17, 15) is 23.1 Å². The standard InChI is InChI=1S/C21H21F3N4O2/c1-12(29)20(30)25-10-13-4-6-15(7-5-13)16-8-9-17-19(18(16)21(22,23)24)26-27-28(17)11-14-2-3-14/h4-9,12,14,29H,2-3,10-11H2,1H3,(H,25,30). The van der Waals surface area contributed by atoms with Gasteiger partial charge in [-0.25, -0.2) is 4.68 Å². The van der Waals surface area contributed by atoms with E-state index in [2.05, 4.69) is 15.6 Å². The van der Waals surface area contributed by atoms with Crippen LogP contribution in [0, 0.1) is 5.92 Å². The molecule has 1 heterocycles. The lowest BCUT2D eigenvalue weighted by atomic mass is 9.97. The normalized spacial score (nSPS) is 15.4. The van der Waals surface area contributed by atoms with Crippen LogP contribution in [0.2, 0.25) is 0 Å². The molecule has 30 heavy (non-hydrogen) atoms. The second-order valence-corrected chi connectivity index (χ2v) is 7.66. The molecule has 0 radical (unpaired) electrons. The first-order chi connectivity index (χ1) is 14.2. The van der Waals surface area contributed by atoms with E-state index in [4.69, 9.17) is 0 Å². The van der Waals surface area contributed by atoms with Crippen molar-refractivity contribution in [2.24, 2.45) is 5.92 Å². The molecule has 1 amide bonds. The molecule has 0 spiro atoms. The Labute approximate surface area is 170 Å². The van der Waals surface area contributed by atoms with E-state index in [0.29, 0.717) is 29.1 Å². The third kappa shape index (κ3) is 4.16. The molecule has 1 aromatic heterocycles. The Hall–Kier alpha value is -2.94. The summed E-state index contributed by atoms with van der Waals surface area (Å²) in [4.78, 5) is 11.5. The van der Waals surface area contributed by atoms with Crippen molar-refractivity contribution in [1.29, 1.82) is 0 Å². The SMILES string of the molecule is CC(O)C(=O)NCc1ccc(-c2ccc3c(nnn3CC3CC3)c2C(F)(F)F)cc1. The fraction of sp³-hybridized carbons (Fsp3) is 0.381. The molecule has 0 aliphatic heterocycles. The van der Waals surface area contributed by atoms with Gasteiger partial charge in [-0.15, -0.1) is 5.10 Å². The fourth-order valence-corrected chi connectivity index (χ4v) is 3.38. The molecule has 1 saturated carbocycles. The van der Waals surface area contributed by atoms with Gasteiger partial charge in [0, 0.05) is 13.1 Å². The van der Waals surface area contributed by atoms with Crippen LogP contribution < -0.4 is 5.32 Å². The summed E-state index contributed by atoms with van der Waals surface area (Å²) in [6, 6.07) is 9.54. The molecular formula is C21H21F3N4O2. The number of carbonyl (C=O) groups excluding carboxylic acids is 1. The third-order valence-electron chi connectivity index (χ3n) is 5.21. The highest BCUT2D eigenvalue weighted by Crippen LogP contribution is 2.41. The molecule has 158 valence electrons. The van der Waals surface area contributed by atoms with Gasteiger partial charge in [-0.05, 0) is 48.4 Å². The number of hydrogen-bond donors (Lipinski definition) is 2. The molecule has 3 aromatic rings. The van der Waals surface area contributed by atoms with Crippen LogP contribution in [-0.4, -0.2) is 32.1 Å². The largest absolute Gasteiger partial charge is 0.419 e. The van der Waals surface area contributed by atoms with Gasteiger partial charge in [0.25, 0.3) is 0 Å². The first kappa shape index (κ1) is 20.3. The van der Waals surface area contributed by atoms with Crippen LogP contribution in [0.1, 0.15) is 30.9 Å². The number of benzene rings is 2. The van der Waals surface area contributed by atoms with Crippen LogP contribution in [-0.2, 0) is 24.1 Å². The fourth-order valence-electron chi connectivity index (χ4n) is 3.38. The molecule has 1 aliphatic rings. The Morgan fingerprint density at radius 1 is 1.23 bits per heavy atom. The van der Waals surface area contributed by atoms with Gasteiger partial charge in [0.2, 0.25) is 5.91 Å². The van der Waals surface area contributed by atoms with E-state index in [1.807, 2.05) is 0 Å². The molecule has 1 atom stereocenters. The molecule has 1 fully saturated rings. The molecule has 4 rings (SSSR count). The Bertz CT molecular complexity index is 1070. The molecule has 2 N–H and O–H groups in total. The quantitative estimate of drug-likeness (QED) is 0.642. The number of amides is 1. The van der Waals surface area contributed by atoms with Crippen LogP contribution in [0.25, 0.3) is 22.2 Å². The maximum Gasteiger partial charge on any atom is 0.419 e. The van der Waals surface area contributed by atoms with Crippen molar-refractivity contribution in [3.63, 3.8) is 0 Å². The molecule has 2 aromatic carbocycles. The second-order valence-electron chi connectivity index (χ2n) is 7.66. The van der Waals surface area contributed by atoms with Crippen LogP contribution in [0.4, 0.5) is 13.2 Å². The van der Waals surface area contributed by atoms with E-state index in [1.54, 1.807) is 35.0 Å². The number of alkyl halides is 3. The number of aliphatic hydroxyl groups excluding tert-OH is 1. The van der Waals surface area contributed by atoms with E-state index >= 15 is 0 Å². The van der Waals surface area contributed by atoms with Crippen molar-refractivity contribution in [2.45, 2.75) is 45.1 Å². The molecule has 0 saturated heterocycles. The summed E-state index contributed by atoms with van der Waals surface area (Å²) in [6.07, 6.45) is -3.58. The number of carbonyl (C=O) groups is 1. The minimum absolute atomic E-state index is 0.0352. The molecule has 1 unspecified atom stereocenters. The number of nitrogens with one attached hydrogen (secondary N) is 1. The number of hydrogen-bond acceptors (Lipinski definition) is 4. The minimum Gasteiger partial charge on any atom is -0.384 e. The van der Waals surface area contributed by atoms with E-state index in [-0.39, 0.29) is 17.6 Å². The minimum atomic E-state index is -4.58. The molecule has 0 bridgehead atoms. The van der Waals surface area contributed by atoms with Crippen molar-refractivity contribution >= 4 is 16.9 Å². The average molecular weight is 418 g/mol. The zero-order chi connectivity index (χ0) is 21.5. The Morgan fingerprint density at radius 2 is 1.93 bits per heavy atom. The molecule has 1 aliphatic carbocycles. The van der Waals surface area contributed by atoms with Gasteiger partial charge in [-0.1, -0.05) is 35.5 Å². The van der Waals surface area contributed by atoms with E-state index < -0.39 is 23.8 Å². The number of aromatic nitrogens is 3. The summed E-state index contributed by atoms with van der Waals surface area (Å²) in [6.45, 7) is 2.11. The number of halogens is 3. The summed E-state index contributed by atoms with van der Waals surface area (Å²) < 4.78 is 43.4. The number of fused-ring (bicyclic) bond motifs is 1. The lowest BCUT2D eigenvalue weighted by Crippen LogP contribution is -2.31. The van der Waals surface area contributed by atoms with Gasteiger partial charge < -0.3 is 10.4 Å². The Kier molecular flexibility index (Phi) is 5.23. The van der Waals surface area contributed by atoms with Crippen LogP contribution in [0.3, 0.4) is 0 Å². The summed E-state index contributed by atoms with van der Waals surface area (Å²) >= 11 is 0. The number of rotatable bonds is 6. The maximum absolute atomic E-state index is 14.0. The maximum atomic E-state index is 14.0. The first-order valence-electron chi connectivity index (χ1n) is 9.72. The van der Waals surface area contributed by atoms with E-state index in [1.165, 1.54) is 13.0 Å². The van der Waals surface area contributed by atoms with Crippen molar-refractivity contribution in [2.75, 3.05) is 0 Å². The van der Waals surface area contributed by atoms with Crippen molar-refractivity contribution in [3.05, 3.63) is 47.5 Å². The predicted octanol–water partition coefficient (Wildman–Crippen LogP) is 3.52. The van der Waals surface area contributed by atoms with Gasteiger partial charge >= 0.3 is 6.18 Å². The Balaban J connectivity index is 1.67. The van der Waals surface area contributed by atoms with Crippen LogP contribution in [0.5, 0.6) is 0 Å². The lowest BCUT2D eigenvalue weighted by molar-refractivity contribution is -0.136. The molecule has 9 heteroatoms. The van der Waals surface area contributed by atoms with Crippen LogP contribution >= 0.6 is 0 Å².